The summed E-state index contributed by atoms with van der Waals surface area (Å²) in [5.41, 5.74) is 1.45. The molecule has 0 amide bonds. The van der Waals surface area contributed by atoms with Crippen LogP contribution in [0.15, 0.2) is 22.6 Å². The number of carbonyl (C=O) groups is 1. The first kappa shape index (κ1) is 9.58. The lowest BCUT2D eigenvalue weighted by atomic mass is 10.1. The highest BCUT2D eigenvalue weighted by Gasteiger charge is 2.14. The van der Waals surface area contributed by atoms with Crippen molar-refractivity contribution in [3.8, 4) is 5.75 Å². The number of hydrogen-bond donors (Lipinski definition) is 1. The molecule has 0 radical (unpaired) electrons. The molecule has 0 spiro atoms. The monoisotopic (exact) mass is 206 g/mol. The van der Waals surface area contributed by atoms with Gasteiger partial charge in [-0.25, -0.2) is 4.79 Å². The normalized spacial score (nSPS) is 10.5. The maximum Gasteiger partial charge on any atom is 0.371 e. The highest BCUT2D eigenvalue weighted by atomic mass is 16.5. The molecule has 0 saturated carbocycles. The molecule has 4 heteroatoms. The first-order valence-electron chi connectivity index (χ1n) is 4.44. The topological polar surface area (TPSA) is 59.7 Å². The maximum atomic E-state index is 10.7. The summed E-state index contributed by atoms with van der Waals surface area (Å²) in [6.45, 7) is 1.86. The number of benzene rings is 1. The number of carboxylic acid groups (broad SMARTS) is 1. The number of rotatable bonds is 2. The third-order valence-electron chi connectivity index (χ3n) is 2.27. The maximum absolute atomic E-state index is 10.7. The van der Waals surface area contributed by atoms with Gasteiger partial charge in [0.25, 0.3) is 0 Å². The largest absolute Gasteiger partial charge is 0.496 e. The fourth-order valence-corrected chi connectivity index (χ4v) is 1.52. The zero-order chi connectivity index (χ0) is 11.0. The minimum Gasteiger partial charge on any atom is -0.496 e. The van der Waals surface area contributed by atoms with Gasteiger partial charge in [-0.1, -0.05) is 6.07 Å². The van der Waals surface area contributed by atoms with Crippen LogP contribution < -0.4 is 4.74 Å². The molecule has 0 bridgehead atoms. The molecule has 1 aromatic carbocycles. The Balaban J connectivity index is 2.77. The zero-order valence-electron chi connectivity index (χ0n) is 8.40. The summed E-state index contributed by atoms with van der Waals surface area (Å²) in [7, 11) is 1.54. The van der Waals surface area contributed by atoms with E-state index >= 15 is 0 Å². The van der Waals surface area contributed by atoms with Crippen LogP contribution in [-0.2, 0) is 0 Å². The predicted molar refractivity (Wildman–Crippen MR) is 54.5 cm³/mol. The Morgan fingerprint density at radius 2 is 2.20 bits per heavy atom. The standard InChI is InChI=1S/C11H10O4/c1-6-3-4-8(14-2)7-5-9(11(12)13)15-10(6)7/h3-5H,1-2H3,(H,12,13). The van der Waals surface area contributed by atoms with Gasteiger partial charge in [-0.15, -0.1) is 0 Å². The molecular weight excluding hydrogens is 196 g/mol. The summed E-state index contributed by atoms with van der Waals surface area (Å²) >= 11 is 0. The van der Waals surface area contributed by atoms with E-state index in [1.165, 1.54) is 13.2 Å². The van der Waals surface area contributed by atoms with Crippen LogP contribution in [0.25, 0.3) is 11.0 Å². The zero-order valence-corrected chi connectivity index (χ0v) is 8.40. The van der Waals surface area contributed by atoms with Crippen molar-refractivity contribution in [2.45, 2.75) is 6.92 Å². The molecule has 0 unspecified atom stereocenters. The van der Waals surface area contributed by atoms with Gasteiger partial charge >= 0.3 is 5.97 Å². The van der Waals surface area contributed by atoms with Crippen LogP contribution in [-0.4, -0.2) is 18.2 Å². The lowest BCUT2D eigenvalue weighted by molar-refractivity contribution is 0.0665. The lowest BCUT2D eigenvalue weighted by Gasteiger charge is -2.01. The summed E-state index contributed by atoms with van der Waals surface area (Å²) in [5, 5.41) is 9.50. The van der Waals surface area contributed by atoms with Crippen LogP contribution in [0, 0.1) is 6.92 Å². The van der Waals surface area contributed by atoms with E-state index in [-0.39, 0.29) is 5.76 Å². The van der Waals surface area contributed by atoms with Crippen LogP contribution in [0.1, 0.15) is 16.1 Å². The second kappa shape index (κ2) is 3.31. The van der Waals surface area contributed by atoms with Gasteiger partial charge < -0.3 is 14.3 Å². The van der Waals surface area contributed by atoms with Gasteiger partial charge in [0, 0.05) is 6.07 Å². The summed E-state index contributed by atoms with van der Waals surface area (Å²) in [4.78, 5) is 10.7. The Morgan fingerprint density at radius 3 is 2.80 bits per heavy atom. The van der Waals surface area contributed by atoms with E-state index in [1.807, 2.05) is 13.0 Å². The van der Waals surface area contributed by atoms with Crippen molar-refractivity contribution in [3.05, 3.63) is 29.5 Å². The molecule has 1 N–H and O–H groups in total. The first-order valence-corrected chi connectivity index (χ1v) is 4.44. The molecule has 0 saturated heterocycles. The number of furan rings is 1. The van der Waals surface area contributed by atoms with Crippen molar-refractivity contribution in [1.82, 2.24) is 0 Å². The second-order valence-corrected chi connectivity index (χ2v) is 3.24. The summed E-state index contributed by atoms with van der Waals surface area (Å²) in [6.07, 6.45) is 0. The third kappa shape index (κ3) is 1.44. The molecule has 0 fully saturated rings. The molecule has 0 aliphatic carbocycles. The fourth-order valence-electron chi connectivity index (χ4n) is 1.52. The molecule has 2 aromatic rings. The molecule has 78 valence electrons. The third-order valence-corrected chi connectivity index (χ3v) is 2.27. The highest BCUT2D eigenvalue weighted by molar-refractivity contribution is 5.95. The van der Waals surface area contributed by atoms with Crippen molar-refractivity contribution in [2.75, 3.05) is 7.11 Å². The van der Waals surface area contributed by atoms with Gasteiger partial charge in [0.15, 0.2) is 0 Å². The smallest absolute Gasteiger partial charge is 0.371 e. The molecule has 15 heavy (non-hydrogen) atoms. The molecule has 4 nitrogen and oxygen atoms in total. The van der Waals surface area contributed by atoms with Gasteiger partial charge in [0.2, 0.25) is 5.76 Å². The molecular formula is C11H10O4. The van der Waals surface area contributed by atoms with Gasteiger partial charge in [0.1, 0.15) is 11.3 Å². The average Bonchev–Trinajstić information content (AvgIpc) is 2.64. The SMILES string of the molecule is COc1ccc(C)c2oc(C(=O)O)cc12. The molecule has 1 aromatic heterocycles. The minimum atomic E-state index is -1.08. The summed E-state index contributed by atoms with van der Waals surface area (Å²) in [6, 6.07) is 5.10. The van der Waals surface area contributed by atoms with Crippen molar-refractivity contribution in [2.24, 2.45) is 0 Å². The van der Waals surface area contributed by atoms with E-state index in [9.17, 15) is 4.79 Å². The number of fused-ring (bicyclic) bond motifs is 1. The Kier molecular flexibility index (Phi) is 2.11. The first-order chi connectivity index (χ1) is 7.13. The second-order valence-electron chi connectivity index (χ2n) is 3.24. The molecule has 2 rings (SSSR count). The van der Waals surface area contributed by atoms with Gasteiger partial charge in [-0.2, -0.15) is 0 Å². The Morgan fingerprint density at radius 1 is 1.47 bits per heavy atom. The van der Waals surface area contributed by atoms with Crippen molar-refractivity contribution in [3.63, 3.8) is 0 Å². The van der Waals surface area contributed by atoms with E-state index in [4.69, 9.17) is 14.3 Å². The molecule has 0 atom stereocenters. The summed E-state index contributed by atoms with van der Waals surface area (Å²) in [5.74, 6) is -0.530. The van der Waals surface area contributed by atoms with Crippen molar-refractivity contribution < 1.29 is 19.1 Å². The number of aromatic carboxylic acids is 1. The number of ether oxygens (including phenoxy) is 1. The van der Waals surface area contributed by atoms with Crippen LogP contribution in [0.5, 0.6) is 5.75 Å². The number of methoxy groups -OCH3 is 1. The van der Waals surface area contributed by atoms with E-state index < -0.39 is 5.97 Å². The van der Waals surface area contributed by atoms with Crippen LogP contribution in [0.2, 0.25) is 0 Å². The van der Waals surface area contributed by atoms with Crippen molar-refractivity contribution >= 4 is 16.9 Å². The Bertz CT molecular complexity index is 525. The summed E-state index contributed by atoms with van der Waals surface area (Å²) < 4.78 is 10.3. The molecule has 1 heterocycles. The van der Waals surface area contributed by atoms with Crippen LogP contribution in [0.4, 0.5) is 0 Å². The molecule has 0 aliphatic heterocycles. The van der Waals surface area contributed by atoms with E-state index in [0.717, 1.165) is 5.56 Å². The van der Waals surface area contributed by atoms with Gasteiger partial charge in [0.05, 0.1) is 12.5 Å². The number of aryl methyl sites for hydroxylation is 1. The van der Waals surface area contributed by atoms with Crippen LogP contribution >= 0.6 is 0 Å². The Labute approximate surface area is 86.1 Å². The van der Waals surface area contributed by atoms with Gasteiger partial charge in [-0.3, -0.25) is 0 Å². The predicted octanol–water partition coefficient (Wildman–Crippen LogP) is 2.45. The Hall–Kier alpha value is -1.97. The molecule has 0 aliphatic rings. The minimum absolute atomic E-state index is 0.0717. The van der Waals surface area contributed by atoms with E-state index in [0.29, 0.717) is 16.7 Å². The lowest BCUT2D eigenvalue weighted by Crippen LogP contribution is -1.91. The van der Waals surface area contributed by atoms with E-state index in [2.05, 4.69) is 0 Å². The average molecular weight is 206 g/mol. The van der Waals surface area contributed by atoms with Crippen molar-refractivity contribution in [1.29, 1.82) is 0 Å². The van der Waals surface area contributed by atoms with Crippen LogP contribution in [0.3, 0.4) is 0 Å². The number of hydrogen-bond acceptors (Lipinski definition) is 3. The fraction of sp³-hybridized carbons (Fsp3) is 0.182. The van der Waals surface area contributed by atoms with E-state index in [1.54, 1.807) is 6.07 Å². The quantitative estimate of drug-likeness (QED) is 0.819. The highest BCUT2D eigenvalue weighted by Crippen LogP contribution is 2.30. The van der Waals surface area contributed by atoms with Gasteiger partial charge in [-0.05, 0) is 18.6 Å². The number of carboxylic acids is 1.